The van der Waals surface area contributed by atoms with Gasteiger partial charge in [-0.15, -0.1) is 0 Å². The smallest absolute Gasteiger partial charge is 0.423 e. The van der Waals surface area contributed by atoms with E-state index >= 15 is 0 Å². The first kappa shape index (κ1) is 14.3. The van der Waals surface area contributed by atoms with Crippen LogP contribution in [0, 0.1) is 0 Å². The fraction of sp³-hybridized carbons (Fsp3) is 0.294. The van der Waals surface area contributed by atoms with E-state index in [4.69, 9.17) is 0 Å². The van der Waals surface area contributed by atoms with E-state index in [2.05, 4.69) is 29.2 Å². The van der Waals surface area contributed by atoms with Crippen LogP contribution in [0.5, 0.6) is 0 Å². The first-order chi connectivity index (χ1) is 10.3. The van der Waals surface area contributed by atoms with E-state index in [0.717, 1.165) is 13.1 Å². The summed E-state index contributed by atoms with van der Waals surface area (Å²) in [7, 11) is -1.40. The second-order valence-corrected chi connectivity index (χ2v) is 5.60. The molecule has 3 rings (SSSR count). The van der Waals surface area contributed by atoms with Gasteiger partial charge in [0.15, 0.2) is 0 Å². The molecule has 1 aliphatic heterocycles. The summed E-state index contributed by atoms with van der Waals surface area (Å²) in [6.45, 7) is 2.23. The Labute approximate surface area is 126 Å². The zero-order chi connectivity index (χ0) is 14.7. The number of hydrogen-bond acceptors (Lipinski definition) is 3. The molecule has 0 bridgehead atoms. The molecular formula is C17H20BNO2. The molecule has 0 unspecified atom stereocenters. The van der Waals surface area contributed by atoms with Crippen LogP contribution in [0.3, 0.4) is 0 Å². The zero-order valence-corrected chi connectivity index (χ0v) is 12.0. The van der Waals surface area contributed by atoms with Crippen molar-refractivity contribution in [3.8, 4) is 0 Å². The normalized spacial score (nSPS) is 16.9. The van der Waals surface area contributed by atoms with Crippen molar-refractivity contribution in [2.45, 2.75) is 18.9 Å². The van der Waals surface area contributed by atoms with Crippen LogP contribution in [0.25, 0.3) is 0 Å². The maximum absolute atomic E-state index is 9.23. The van der Waals surface area contributed by atoms with E-state index in [1.165, 1.54) is 24.0 Å². The molecule has 2 N–H and O–H groups in total. The lowest BCUT2D eigenvalue weighted by Gasteiger charge is -2.28. The standard InChI is InChI=1S/C17H20BNO2/c20-18(21)16-10-8-15(9-11-16)17(19-12-4-5-13-19)14-6-2-1-3-7-14/h1-3,6-11,17,20-21H,4-5,12-13H2/t17-/m1/s1. The fourth-order valence-electron chi connectivity index (χ4n) is 3.10. The summed E-state index contributed by atoms with van der Waals surface area (Å²) in [5, 5.41) is 18.5. The topological polar surface area (TPSA) is 43.7 Å². The van der Waals surface area contributed by atoms with Gasteiger partial charge in [0, 0.05) is 0 Å². The molecule has 0 aliphatic carbocycles. The minimum absolute atomic E-state index is 0.249. The van der Waals surface area contributed by atoms with E-state index in [-0.39, 0.29) is 6.04 Å². The van der Waals surface area contributed by atoms with Crippen LogP contribution < -0.4 is 5.46 Å². The summed E-state index contributed by atoms with van der Waals surface area (Å²) in [5.41, 5.74) is 3.02. The molecule has 2 aromatic carbocycles. The Morgan fingerprint density at radius 3 is 1.95 bits per heavy atom. The van der Waals surface area contributed by atoms with Crippen LogP contribution >= 0.6 is 0 Å². The molecule has 108 valence electrons. The summed E-state index contributed by atoms with van der Waals surface area (Å²) < 4.78 is 0. The molecule has 21 heavy (non-hydrogen) atoms. The van der Waals surface area contributed by atoms with Gasteiger partial charge in [-0.3, -0.25) is 4.90 Å². The fourth-order valence-corrected chi connectivity index (χ4v) is 3.10. The number of nitrogens with zero attached hydrogens (tertiary/aromatic N) is 1. The third-order valence-electron chi connectivity index (χ3n) is 4.17. The average molecular weight is 281 g/mol. The molecule has 3 nitrogen and oxygen atoms in total. The van der Waals surface area contributed by atoms with Crippen molar-refractivity contribution in [1.82, 2.24) is 4.90 Å². The van der Waals surface area contributed by atoms with Crippen molar-refractivity contribution in [1.29, 1.82) is 0 Å². The number of likely N-dealkylation sites (tertiary alicyclic amines) is 1. The Bertz CT molecular complexity index is 565. The highest BCUT2D eigenvalue weighted by atomic mass is 16.4. The Hall–Kier alpha value is -1.62. The predicted octanol–water partition coefficient (Wildman–Crippen LogP) is 1.55. The van der Waals surface area contributed by atoms with Gasteiger partial charge in [-0.05, 0) is 42.5 Å². The van der Waals surface area contributed by atoms with Gasteiger partial charge >= 0.3 is 7.12 Å². The number of benzene rings is 2. The number of hydrogen-bond donors (Lipinski definition) is 2. The van der Waals surface area contributed by atoms with Gasteiger partial charge in [0.05, 0.1) is 6.04 Å². The van der Waals surface area contributed by atoms with Crippen molar-refractivity contribution in [3.63, 3.8) is 0 Å². The lowest BCUT2D eigenvalue weighted by atomic mass is 9.79. The molecule has 0 amide bonds. The molecule has 0 aromatic heterocycles. The molecule has 1 fully saturated rings. The van der Waals surface area contributed by atoms with Gasteiger partial charge in [-0.25, -0.2) is 0 Å². The highest BCUT2D eigenvalue weighted by molar-refractivity contribution is 6.58. The van der Waals surface area contributed by atoms with Crippen LogP contribution in [-0.4, -0.2) is 35.2 Å². The van der Waals surface area contributed by atoms with Gasteiger partial charge in [0.25, 0.3) is 0 Å². The number of rotatable bonds is 4. The lowest BCUT2D eigenvalue weighted by molar-refractivity contribution is 0.281. The maximum Gasteiger partial charge on any atom is 0.488 e. The van der Waals surface area contributed by atoms with E-state index in [0.29, 0.717) is 5.46 Å². The van der Waals surface area contributed by atoms with Gasteiger partial charge in [-0.1, -0.05) is 54.6 Å². The molecule has 2 aromatic rings. The van der Waals surface area contributed by atoms with Crippen molar-refractivity contribution < 1.29 is 10.0 Å². The Balaban J connectivity index is 1.94. The maximum atomic E-state index is 9.23. The van der Waals surface area contributed by atoms with Gasteiger partial charge in [0.1, 0.15) is 0 Å². The molecule has 0 saturated carbocycles. The third-order valence-corrected chi connectivity index (χ3v) is 4.17. The molecule has 0 radical (unpaired) electrons. The molecule has 1 heterocycles. The highest BCUT2D eigenvalue weighted by Crippen LogP contribution is 2.31. The molecule has 4 heteroatoms. The predicted molar refractivity (Wildman–Crippen MR) is 85.4 cm³/mol. The van der Waals surface area contributed by atoms with Gasteiger partial charge < -0.3 is 10.0 Å². The molecule has 0 spiro atoms. The Morgan fingerprint density at radius 1 is 0.810 bits per heavy atom. The minimum atomic E-state index is -1.40. The van der Waals surface area contributed by atoms with Crippen LogP contribution in [-0.2, 0) is 0 Å². The van der Waals surface area contributed by atoms with Gasteiger partial charge in [0.2, 0.25) is 0 Å². The first-order valence-electron chi connectivity index (χ1n) is 7.51. The Kier molecular flexibility index (Phi) is 4.39. The van der Waals surface area contributed by atoms with Crippen molar-refractivity contribution in [2.24, 2.45) is 0 Å². The monoisotopic (exact) mass is 281 g/mol. The van der Waals surface area contributed by atoms with Crippen LogP contribution in [0.2, 0.25) is 0 Å². The second-order valence-electron chi connectivity index (χ2n) is 5.60. The summed E-state index contributed by atoms with van der Waals surface area (Å²) in [5.74, 6) is 0. The SMILES string of the molecule is OB(O)c1ccc([C@@H](c2ccccc2)N2CCCC2)cc1. The van der Waals surface area contributed by atoms with Crippen molar-refractivity contribution in [3.05, 3.63) is 65.7 Å². The summed E-state index contributed by atoms with van der Waals surface area (Å²) in [6, 6.07) is 18.4. The summed E-state index contributed by atoms with van der Waals surface area (Å²) >= 11 is 0. The lowest BCUT2D eigenvalue weighted by Crippen LogP contribution is -2.30. The largest absolute Gasteiger partial charge is 0.488 e. The zero-order valence-electron chi connectivity index (χ0n) is 12.0. The van der Waals surface area contributed by atoms with Crippen LogP contribution in [0.15, 0.2) is 54.6 Å². The van der Waals surface area contributed by atoms with Crippen molar-refractivity contribution in [2.75, 3.05) is 13.1 Å². The summed E-state index contributed by atoms with van der Waals surface area (Å²) in [6.07, 6.45) is 2.49. The highest BCUT2D eigenvalue weighted by Gasteiger charge is 2.25. The van der Waals surface area contributed by atoms with Crippen LogP contribution in [0.1, 0.15) is 30.0 Å². The molecular weight excluding hydrogens is 261 g/mol. The minimum Gasteiger partial charge on any atom is -0.423 e. The van der Waals surface area contributed by atoms with E-state index in [9.17, 15) is 10.0 Å². The molecule has 1 atom stereocenters. The van der Waals surface area contributed by atoms with Gasteiger partial charge in [-0.2, -0.15) is 0 Å². The average Bonchev–Trinajstić information content (AvgIpc) is 3.03. The Morgan fingerprint density at radius 2 is 1.38 bits per heavy atom. The third kappa shape index (κ3) is 3.18. The van der Waals surface area contributed by atoms with E-state index in [1.807, 2.05) is 18.2 Å². The quantitative estimate of drug-likeness (QED) is 0.836. The summed E-state index contributed by atoms with van der Waals surface area (Å²) in [4.78, 5) is 2.50. The second kappa shape index (κ2) is 6.44. The molecule has 1 aliphatic rings. The van der Waals surface area contributed by atoms with E-state index < -0.39 is 7.12 Å². The van der Waals surface area contributed by atoms with Crippen molar-refractivity contribution >= 4 is 12.6 Å². The van der Waals surface area contributed by atoms with E-state index in [1.54, 1.807) is 12.1 Å². The molecule has 1 saturated heterocycles. The first-order valence-corrected chi connectivity index (χ1v) is 7.51. The van der Waals surface area contributed by atoms with Crippen LogP contribution in [0.4, 0.5) is 0 Å².